The molecule has 0 aromatic heterocycles. The van der Waals surface area contributed by atoms with Crippen molar-refractivity contribution < 1.29 is 23.4 Å². The van der Waals surface area contributed by atoms with Gasteiger partial charge in [-0.15, -0.1) is 0 Å². The fourth-order valence-corrected chi connectivity index (χ4v) is 4.19. The number of amides is 1. The van der Waals surface area contributed by atoms with E-state index in [0.717, 1.165) is 11.6 Å². The summed E-state index contributed by atoms with van der Waals surface area (Å²) in [5.74, 6) is -0.670. The van der Waals surface area contributed by atoms with Gasteiger partial charge in [-0.05, 0) is 49.9 Å². The topological polar surface area (TPSA) is 61.8 Å². The summed E-state index contributed by atoms with van der Waals surface area (Å²) >= 11 is 6.18. The van der Waals surface area contributed by atoms with Gasteiger partial charge in [0.1, 0.15) is 29.6 Å². The molecule has 1 fully saturated rings. The van der Waals surface area contributed by atoms with E-state index in [-0.39, 0.29) is 12.5 Å². The Kier molecular flexibility index (Phi) is 5.59. The van der Waals surface area contributed by atoms with Gasteiger partial charge >= 0.3 is 0 Å². The number of anilines is 2. The molecule has 2 aliphatic rings. The Hall–Kier alpha value is -2.38. The Morgan fingerprint density at radius 1 is 1.20 bits per heavy atom. The molecule has 4 rings (SSSR count). The lowest BCUT2D eigenvalue weighted by atomic mass is 9.91. The molecular formula is C22H23ClF2N2O3. The highest BCUT2D eigenvalue weighted by atomic mass is 35.5. The van der Waals surface area contributed by atoms with Crippen LogP contribution in [0.2, 0.25) is 5.02 Å². The lowest BCUT2D eigenvalue weighted by Gasteiger charge is -2.39. The van der Waals surface area contributed by atoms with Crippen LogP contribution in [-0.2, 0) is 11.2 Å². The highest BCUT2D eigenvalue weighted by Gasteiger charge is 2.34. The van der Waals surface area contributed by atoms with Crippen LogP contribution >= 0.6 is 11.6 Å². The summed E-state index contributed by atoms with van der Waals surface area (Å²) in [6.45, 7) is 2.53. The average molecular weight is 437 g/mol. The molecule has 8 heteroatoms. The molecule has 0 spiro atoms. The van der Waals surface area contributed by atoms with Crippen molar-refractivity contribution in [3.05, 3.63) is 52.0 Å². The summed E-state index contributed by atoms with van der Waals surface area (Å²) in [4.78, 5) is 13.5. The number of halogens is 3. The highest BCUT2D eigenvalue weighted by molar-refractivity contribution is 6.34. The second-order valence-corrected chi connectivity index (χ2v) is 8.41. The Morgan fingerprint density at radius 2 is 1.93 bits per heavy atom. The number of piperidine rings is 1. The van der Waals surface area contributed by atoms with E-state index in [4.69, 9.17) is 16.3 Å². The van der Waals surface area contributed by atoms with E-state index in [9.17, 15) is 18.7 Å². The van der Waals surface area contributed by atoms with Gasteiger partial charge in [-0.1, -0.05) is 11.6 Å². The Labute approximate surface area is 178 Å². The molecule has 2 N–H and O–H groups in total. The zero-order chi connectivity index (χ0) is 21.5. The van der Waals surface area contributed by atoms with Gasteiger partial charge in [0.25, 0.3) is 0 Å². The number of nitrogens with one attached hydrogen (secondary N) is 1. The lowest BCUT2D eigenvalue weighted by Crippen LogP contribution is -2.48. The largest absolute Gasteiger partial charge is 0.490 e. The fraction of sp³-hybridized carbons (Fsp3) is 0.409. The van der Waals surface area contributed by atoms with E-state index in [0.29, 0.717) is 66.5 Å². The molecule has 1 amide bonds. The van der Waals surface area contributed by atoms with Crippen molar-refractivity contribution in [1.29, 1.82) is 0 Å². The predicted molar refractivity (Wildman–Crippen MR) is 111 cm³/mol. The molecule has 0 atom stereocenters. The Bertz CT molecular complexity index is 991. The highest BCUT2D eigenvalue weighted by Crippen LogP contribution is 2.38. The molecule has 0 radical (unpaired) electrons. The van der Waals surface area contributed by atoms with Crippen LogP contribution < -0.4 is 15.0 Å². The van der Waals surface area contributed by atoms with Crippen molar-refractivity contribution >= 4 is 28.9 Å². The first-order valence-electron chi connectivity index (χ1n) is 9.93. The maximum atomic E-state index is 14.2. The van der Waals surface area contributed by atoms with E-state index in [1.165, 1.54) is 6.07 Å². The van der Waals surface area contributed by atoms with Crippen molar-refractivity contribution in [2.75, 3.05) is 29.9 Å². The number of fused-ring (bicyclic) bond motifs is 1. The first-order chi connectivity index (χ1) is 14.3. The third kappa shape index (κ3) is 4.09. The molecule has 2 aliphatic heterocycles. The molecular weight excluding hydrogens is 414 g/mol. The summed E-state index contributed by atoms with van der Waals surface area (Å²) in [5.41, 5.74) is 1.06. The first-order valence-corrected chi connectivity index (χ1v) is 10.3. The molecule has 5 nitrogen and oxygen atoms in total. The quantitative estimate of drug-likeness (QED) is 0.753. The first kappa shape index (κ1) is 20.9. The van der Waals surface area contributed by atoms with Gasteiger partial charge in [-0.2, -0.15) is 0 Å². The Balaban J connectivity index is 1.42. The number of aliphatic hydroxyl groups is 1. The Morgan fingerprint density at radius 3 is 2.67 bits per heavy atom. The van der Waals surface area contributed by atoms with Crippen LogP contribution in [0.5, 0.6) is 5.75 Å². The third-order valence-corrected chi connectivity index (χ3v) is 6.16. The number of aryl methyl sites for hydroxylation is 1. The number of rotatable bonds is 4. The predicted octanol–water partition coefficient (Wildman–Crippen LogP) is 4.22. The molecule has 30 heavy (non-hydrogen) atoms. The molecule has 2 heterocycles. The number of ether oxygens (including phenoxy) is 1. The van der Waals surface area contributed by atoms with E-state index in [1.807, 2.05) is 4.90 Å². The van der Waals surface area contributed by atoms with Crippen LogP contribution in [0.4, 0.5) is 20.2 Å². The van der Waals surface area contributed by atoms with Gasteiger partial charge in [0, 0.05) is 31.1 Å². The molecule has 0 saturated carbocycles. The molecule has 160 valence electrons. The van der Waals surface area contributed by atoms with Crippen LogP contribution in [-0.4, -0.2) is 36.3 Å². The van der Waals surface area contributed by atoms with Crippen molar-refractivity contribution in [1.82, 2.24) is 0 Å². The van der Waals surface area contributed by atoms with Crippen molar-refractivity contribution in [3.63, 3.8) is 0 Å². The maximum absolute atomic E-state index is 14.2. The van der Waals surface area contributed by atoms with Crippen LogP contribution in [0.15, 0.2) is 24.3 Å². The summed E-state index contributed by atoms with van der Waals surface area (Å²) in [5, 5.41) is 14.2. The van der Waals surface area contributed by atoms with Crippen molar-refractivity contribution in [2.45, 2.75) is 38.2 Å². The second kappa shape index (κ2) is 8.04. The van der Waals surface area contributed by atoms with Gasteiger partial charge in [-0.3, -0.25) is 4.79 Å². The number of carbonyl (C=O) groups excluding carboxylic acids is 1. The standard InChI is InChI=1S/C22H23ClF2N2O3/c1-13-10-18(17(25)11-16(13)24)27-8-6-22(29,7-9-27)12-30-19-4-3-15(23)21-14(19)2-5-20(28)26-21/h3-4,10-11,29H,2,5-9,12H2,1H3,(H,26,28). The number of hydrogen-bond donors (Lipinski definition) is 2. The summed E-state index contributed by atoms with van der Waals surface area (Å²) < 4.78 is 33.7. The summed E-state index contributed by atoms with van der Waals surface area (Å²) in [6.07, 6.45) is 1.64. The minimum absolute atomic E-state index is 0.0772. The van der Waals surface area contributed by atoms with Gasteiger partial charge in [0.15, 0.2) is 0 Å². The molecule has 0 unspecified atom stereocenters. The SMILES string of the molecule is Cc1cc(N2CCC(O)(COc3ccc(Cl)c4c3CCC(=O)N4)CC2)c(F)cc1F. The number of carbonyl (C=O) groups is 1. The molecule has 1 saturated heterocycles. The van der Waals surface area contributed by atoms with Crippen LogP contribution in [0.25, 0.3) is 0 Å². The van der Waals surface area contributed by atoms with E-state index >= 15 is 0 Å². The van der Waals surface area contributed by atoms with Crippen molar-refractivity contribution in [2.24, 2.45) is 0 Å². The molecule has 2 aromatic carbocycles. The summed E-state index contributed by atoms with van der Waals surface area (Å²) in [7, 11) is 0. The number of benzene rings is 2. The van der Waals surface area contributed by atoms with Crippen LogP contribution in [0, 0.1) is 18.6 Å². The molecule has 2 aromatic rings. The van der Waals surface area contributed by atoms with Gasteiger partial charge in [-0.25, -0.2) is 8.78 Å². The average Bonchev–Trinajstić information content (AvgIpc) is 2.71. The van der Waals surface area contributed by atoms with Gasteiger partial charge in [0.05, 0.1) is 16.4 Å². The summed E-state index contributed by atoms with van der Waals surface area (Å²) in [6, 6.07) is 5.80. The van der Waals surface area contributed by atoms with E-state index in [1.54, 1.807) is 19.1 Å². The zero-order valence-electron chi connectivity index (χ0n) is 16.6. The normalized spacial score (nSPS) is 18.0. The smallest absolute Gasteiger partial charge is 0.224 e. The fourth-order valence-electron chi connectivity index (χ4n) is 3.96. The monoisotopic (exact) mass is 436 g/mol. The number of nitrogens with zero attached hydrogens (tertiary/aromatic N) is 1. The third-order valence-electron chi connectivity index (χ3n) is 5.84. The molecule has 0 aliphatic carbocycles. The zero-order valence-corrected chi connectivity index (χ0v) is 17.4. The molecule has 0 bridgehead atoms. The second-order valence-electron chi connectivity index (χ2n) is 8.00. The van der Waals surface area contributed by atoms with E-state index < -0.39 is 17.2 Å². The van der Waals surface area contributed by atoms with Crippen LogP contribution in [0.3, 0.4) is 0 Å². The minimum Gasteiger partial charge on any atom is -0.490 e. The van der Waals surface area contributed by atoms with E-state index in [2.05, 4.69) is 5.32 Å². The van der Waals surface area contributed by atoms with Crippen molar-refractivity contribution in [3.8, 4) is 5.75 Å². The lowest BCUT2D eigenvalue weighted by molar-refractivity contribution is -0.116. The maximum Gasteiger partial charge on any atom is 0.224 e. The van der Waals surface area contributed by atoms with Gasteiger partial charge in [0.2, 0.25) is 5.91 Å². The van der Waals surface area contributed by atoms with Gasteiger partial charge < -0.3 is 20.1 Å². The number of hydrogen-bond acceptors (Lipinski definition) is 4. The minimum atomic E-state index is -1.06. The van der Waals surface area contributed by atoms with Crippen LogP contribution in [0.1, 0.15) is 30.4 Å².